The Hall–Kier alpha value is -4.56. The van der Waals surface area contributed by atoms with E-state index in [1.807, 2.05) is 55.1 Å². The summed E-state index contributed by atoms with van der Waals surface area (Å²) in [4.78, 5) is 39.5. The number of carbonyl (C=O) groups excluding carboxylic acids is 1. The van der Waals surface area contributed by atoms with E-state index < -0.39 is 24.3 Å². The molecule has 0 aliphatic carbocycles. The number of rotatable bonds is 2. The van der Waals surface area contributed by atoms with E-state index in [0.717, 1.165) is 27.8 Å². The summed E-state index contributed by atoms with van der Waals surface area (Å²) < 4.78 is 63.5. The number of benzene rings is 2. The first kappa shape index (κ1) is 32.7. The summed E-state index contributed by atoms with van der Waals surface area (Å²) in [6, 6.07) is 15.4. The summed E-state index contributed by atoms with van der Waals surface area (Å²) in [7, 11) is 0. The van der Waals surface area contributed by atoms with E-state index in [2.05, 4.69) is 16.0 Å². The van der Waals surface area contributed by atoms with Gasteiger partial charge in [0.2, 0.25) is 0 Å². The summed E-state index contributed by atoms with van der Waals surface area (Å²) >= 11 is 0. The van der Waals surface area contributed by atoms with Crippen molar-refractivity contribution in [2.75, 3.05) is 31.1 Å². The number of aromatic hydroxyl groups is 1. The molecule has 1 saturated heterocycles. The molecule has 2 heterocycles. The minimum absolute atomic E-state index is 0.0281. The van der Waals surface area contributed by atoms with Gasteiger partial charge in [-0.3, -0.25) is 9.78 Å². The van der Waals surface area contributed by atoms with E-state index in [4.69, 9.17) is 19.8 Å². The Bertz CT molecular complexity index is 1380. The number of amides is 1. The van der Waals surface area contributed by atoms with Gasteiger partial charge in [0, 0.05) is 31.6 Å². The molecule has 1 fully saturated rings. The number of aliphatic carboxylic acids is 2. The van der Waals surface area contributed by atoms with Gasteiger partial charge < -0.3 is 25.1 Å². The smallest absolute Gasteiger partial charge is 0.490 e. The molecule has 1 aliphatic heterocycles. The van der Waals surface area contributed by atoms with Gasteiger partial charge in [0.25, 0.3) is 5.91 Å². The van der Waals surface area contributed by atoms with E-state index in [-0.39, 0.29) is 11.7 Å². The molecule has 15 heteroatoms. The van der Waals surface area contributed by atoms with Gasteiger partial charge in [-0.2, -0.15) is 26.3 Å². The number of carboxylic acids is 2. The average molecular weight is 589 g/mol. The number of fused-ring (bicyclic) bond motifs is 1. The summed E-state index contributed by atoms with van der Waals surface area (Å²) in [5.41, 5.74) is 4.33. The Morgan fingerprint density at radius 1 is 0.805 bits per heavy atom. The topological polar surface area (TPSA) is 131 Å². The van der Waals surface area contributed by atoms with Crippen LogP contribution in [0.25, 0.3) is 10.9 Å². The Balaban J connectivity index is 0.000000349. The fourth-order valence-corrected chi connectivity index (χ4v) is 3.66. The van der Waals surface area contributed by atoms with Gasteiger partial charge in [0.15, 0.2) is 0 Å². The maximum absolute atomic E-state index is 13.1. The van der Waals surface area contributed by atoms with Crippen molar-refractivity contribution in [3.8, 4) is 5.75 Å². The SMILES string of the molecule is Cc1ccc2nc(C)c(C(=O)N3CCN(c4ccccc4O)CC3)cc2c1.O=C(O)C(F)(F)F.O=C(O)C(F)(F)F. The molecule has 0 bridgehead atoms. The maximum Gasteiger partial charge on any atom is 0.490 e. The molecule has 41 heavy (non-hydrogen) atoms. The Morgan fingerprint density at radius 3 is 1.80 bits per heavy atom. The van der Waals surface area contributed by atoms with Crippen molar-refractivity contribution >= 4 is 34.4 Å². The number of alkyl halides is 6. The largest absolute Gasteiger partial charge is 0.506 e. The van der Waals surface area contributed by atoms with Gasteiger partial charge in [0.1, 0.15) is 5.75 Å². The number of anilines is 1. The number of para-hydroxylation sites is 2. The lowest BCUT2D eigenvalue weighted by Gasteiger charge is -2.36. The molecule has 0 saturated carbocycles. The van der Waals surface area contributed by atoms with Gasteiger partial charge in [-0.25, -0.2) is 9.59 Å². The van der Waals surface area contributed by atoms with Crippen molar-refractivity contribution < 1.29 is 56.0 Å². The van der Waals surface area contributed by atoms with Crippen LogP contribution < -0.4 is 4.90 Å². The third kappa shape index (κ3) is 9.25. The van der Waals surface area contributed by atoms with Gasteiger partial charge in [-0.05, 0) is 44.2 Å². The molecule has 3 N–H and O–H groups in total. The molecule has 3 aromatic rings. The van der Waals surface area contributed by atoms with Crippen molar-refractivity contribution in [2.45, 2.75) is 26.2 Å². The summed E-state index contributed by atoms with van der Waals surface area (Å²) in [5.74, 6) is -5.21. The number of phenols is 1. The van der Waals surface area contributed by atoms with Gasteiger partial charge in [-0.1, -0.05) is 23.8 Å². The van der Waals surface area contributed by atoms with Crippen LogP contribution in [0.4, 0.5) is 32.0 Å². The van der Waals surface area contributed by atoms with Crippen LogP contribution in [0, 0.1) is 13.8 Å². The van der Waals surface area contributed by atoms with E-state index in [9.17, 15) is 36.2 Å². The van der Waals surface area contributed by atoms with Crippen LogP contribution >= 0.6 is 0 Å². The lowest BCUT2D eigenvalue weighted by Crippen LogP contribution is -2.49. The second-order valence-corrected chi connectivity index (χ2v) is 8.69. The zero-order valence-corrected chi connectivity index (χ0v) is 21.6. The Morgan fingerprint density at radius 2 is 1.32 bits per heavy atom. The van der Waals surface area contributed by atoms with Gasteiger partial charge in [0.05, 0.1) is 22.5 Å². The molecule has 4 rings (SSSR count). The standard InChI is InChI=1S/C22H23N3O2.2C2HF3O2/c1-15-7-8-19-17(13-15)14-18(16(2)23-19)22(27)25-11-9-24(10-12-25)20-5-3-4-6-21(20)26;2*3-2(4,5)1(6)7/h3-8,13-14,26H,9-12H2,1-2H3;2*(H,6,7). The fourth-order valence-electron chi connectivity index (χ4n) is 3.66. The van der Waals surface area contributed by atoms with Crippen LogP contribution in [-0.4, -0.2) is 81.6 Å². The highest BCUT2D eigenvalue weighted by molar-refractivity contribution is 5.99. The van der Waals surface area contributed by atoms with Crippen LogP contribution in [-0.2, 0) is 9.59 Å². The number of halogens is 6. The zero-order valence-electron chi connectivity index (χ0n) is 21.6. The molecule has 1 amide bonds. The molecule has 0 radical (unpaired) electrons. The molecule has 1 aliphatic rings. The van der Waals surface area contributed by atoms with Crippen LogP contribution in [0.5, 0.6) is 5.75 Å². The first-order chi connectivity index (χ1) is 18.9. The van der Waals surface area contributed by atoms with Crippen LogP contribution in [0.15, 0.2) is 48.5 Å². The third-order valence-electron chi connectivity index (χ3n) is 5.67. The lowest BCUT2D eigenvalue weighted by atomic mass is 10.1. The van der Waals surface area contributed by atoms with Crippen LogP contribution in [0.2, 0.25) is 0 Å². The third-order valence-corrected chi connectivity index (χ3v) is 5.67. The number of pyridine rings is 1. The van der Waals surface area contributed by atoms with E-state index >= 15 is 0 Å². The molecule has 222 valence electrons. The predicted molar refractivity (Wildman–Crippen MR) is 135 cm³/mol. The number of hydrogen-bond acceptors (Lipinski definition) is 6. The van der Waals surface area contributed by atoms with Gasteiger partial charge in [-0.15, -0.1) is 0 Å². The number of hydrogen-bond donors (Lipinski definition) is 3. The van der Waals surface area contributed by atoms with Crippen molar-refractivity contribution in [2.24, 2.45) is 0 Å². The number of phenolic OH excluding ortho intramolecular Hbond substituents is 1. The second-order valence-electron chi connectivity index (χ2n) is 8.69. The number of carboxylic acid groups (broad SMARTS) is 2. The highest BCUT2D eigenvalue weighted by atomic mass is 19.4. The summed E-state index contributed by atoms with van der Waals surface area (Å²) in [5, 5.41) is 25.3. The van der Waals surface area contributed by atoms with Crippen molar-refractivity contribution in [1.82, 2.24) is 9.88 Å². The van der Waals surface area contributed by atoms with E-state index in [1.54, 1.807) is 6.07 Å². The highest BCUT2D eigenvalue weighted by Crippen LogP contribution is 2.28. The molecular formula is C26H25F6N3O6. The zero-order chi connectivity index (χ0) is 31.1. The average Bonchev–Trinajstić information content (AvgIpc) is 2.88. The second kappa shape index (κ2) is 13.2. The van der Waals surface area contributed by atoms with Crippen LogP contribution in [0.1, 0.15) is 21.6 Å². The minimum Gasteiger partial charge on any atom is -0.506 e. The molecule has 0 spiro atoms. The number of carbonyl (C=O) groups is 3. The molecule has 9 nitrogen and oxygen atoms in total. The molecular weight excluding hydrogens is 564 g/mol. The monoisotopic (exact) mass is 589 g/mol. The van der Waals surface area contributed by atoms with Crippen molar-refractivity contribution in [1.29, 1.82) is 0 Å². The number of piperazine rings is 1. The molecule has 1 aromatic heterocycles. The molecule has 0 unspecified atom stereocenters. The fraction of sp³-hybridized carbons (Fsp3) is 0.308. The normalized spacial score (nSPS) is 13.5. The van der Waals surface area contributed by atoms with Crippen molar-refractivity contribution in [3.63, 3.8) is 0 Å². The quantitative estimate of drug-likeness (QED) is 0.364. The number of aromatic nitrogens is 1. The van der Waals surface area contributed by atoms with Crippen molar-refractivity contribution in [3.05, 3.63) is 65.4 Å². The van der Waals surface area contributed by atoms with E-state index in [0.29, 0.717) is 31.7 Å². The first-order valence-electron chi connectivity index (χ1n) is 11.7. The maximum atomic E-state index is 13.1. The molecule has 0 atom stereocenters. The first-order valence-corrected chi connectivity index (χ1v) is 11.7. The lowest BCUT2D eigenvalue weighted by molar-refractivity contribution is -0.193. The number of nitrogens with zero attached hydrogens (tertiary/aromatic N) is 3. The Kier molecular flexibility index (Phi) is 10.5. The highest BCUT2D eigenvalue weighted by Gasteiger charge is 2.38. The van der Waals surface area contributed by atoms with E-state index in [1.165, 1.54) is 0 Å². The minimum atomic E-state index is -5.08. The molecule has 2 aromatic carbocycles. The predicted octanol–water partition coefficient (Wildman–Crippen LogP) is 4.79. The summed E-state index contributed by atoms with van der Waals surface area (Å²) in [6.07, 6.45) is -10.2. The van der Waals surface area contributed by atoms with Crippen LogP contribution in [0.3, 0.4) is 0 Å². The number of aryl methyl sites for hydroxylation is 2. The summed E-state index contributed by atoms with van der Waals surface area (Å²) in [6.45, 7) is 6.58. The van der Waals surface area contributed by atoms with Gasteiger partial charge >= 0.3 is 24.3 Å². The Labute approximate surface area is 229 Å².